The number of ether oxygens (including phenoxy) is 3. The zero-order chi connectivity index (χ0) is 38.5. The van der Waals surface area contributed by atoms with Crippen LogP contribution in [0.2, 0.25) is 0 Å². The van der Waals surface area contributed by atoms with Crippen molar-refractivity contribution in [1.29, 1.82) is 0 Å². The van der Waals surface area contributed by atoms with E-state index in [9.17, 15) is 25.5 Å². The van der Waals surface area contributed by atoms with Crippen molar-refractivity contribution < 1.29 is 39.7 Å². The van der Waals surface area contributed by atoms with Gasteiger partial charge in [-0.1, -0.05) is 60.7 Å². The lowest BCUT2D eigenvalue weighted by Crippen LogP contribution is -2.16. The van der Waals surface area contributed by atoms with Gasteiger partial charge in [-0.2, -0.15) is 0 Å². The number of benzene rings is 6. The summed E-state index contributed by atoms with van der Waals surface area (Å²) in [5.41, 5.74) is 7.30. The average Bonchev–Trinajstić information content (AvgIpc) is 3.20. The fourth-order valence-electron chi connectivity index (χ4n) is 7.86. The van der Waals surface area contributed by atoms with E-state index < -0.39 is 0 Å². The van der Waals surface area contributed by atoms with Crippen molar-refractivity contribution in [3.8, 4) is 46.0 Å². The van der Waals surface area contributed by atoms with Gasteiger partial charge in [0.05, 0.1) is 14.2 Å². The Kier molecular flexibility index (Phi) is 11.0. The first-order chi connectivity index (χ1) is 26.7. The van der Waals surface area contributed by atoms with Gasteiger partial charge in [-0.3, -0.25) is 0 Å². The molecule has 0 amide bonds. The summed E-state index contributed by atoms with van der Waals surface area (Å²) in [6.45, 7) is 0. The van der Waals surface area contributed by atoms with Gasteiger partial charge in [0.1, 0.15) is 52.1 Å². The minimum atomic E-state index is -0.266. The first-order valence-corrected chi connectivity index (χ1v) is 18.6. The summed E-state index contributed by atoms with van der Waals surface area (Å²) in [4.78, 5) is 0. The number of aryl methyl sites for hydroxylation is 3. The Bertz CT molecular complexity index is 2230. The molecule has 3 unspecified atom stereocenters. The fourth-order valence-corrected chi connectivity index (χ4v) is 7.86. The van der Waals surface area contributed by atoms with Gasteiger partial charge >= 0.3 is 0 Å². The van der Waals surface area contributed by atoms with Crippen molar-refractivity contribution in [3.63, 3.8) is 0 Å². The molecule has 7 rings (SSSR count). The normalized spacial score (nSPS) is 14.7. The molecule has 0 saturated carbocycles. The molecule has 282 valence electrons. The van der Waals surface area contributed by atoms with Crippen molar-refractivity contribution >= 4 is 0 Å². The third kappa shape index (κ3) is 8.29. The van der Waals surface area contributed by atoms with Gasteiger partial charge in [-0.05, 0) is 114 Å². The molecule has 6 aromatic rings. The van der Waals surface area contributed by atoms with E-state index in [2.05, 4.69) is 12.1 Å². The number of phenols is 5. The molecule has 8 nitrogen and oxygen atoms in total. The molecule has 3 atom stereocenters. The maximum Gasteiger partial charge on any atom is 0.127 e. The molecule has 1 aliphatic rings. The van der Waals surface area contributed by atoms with E-state index in [1.54, 1.807) is 62.8 Å². The zero-order valence-corrected chi connectivity index (χ0v) is 31.0. The van der Waals surface area contributed by atoms with Gasteiger partial charge in [0.2, 0.25) is 0 Å². The quantitative estimate of drug-likeness (QED) is 0.0792. The highest BCUT2D eigenvalue weighted by Crippen LogP contribution is 2.45. The summed E-state index contributed by atoms with van der Waals surface area (Å²) >= 11 is 0. The van der Waals surface area contributed by atoms with Crippen molar-refractivity contribution in [2.45, 2.75) is 56.5 Å². The molecule has 1 heterocycles. The van der Waals surface area contributed by atoms with Gasteiger partial charge in [0.15, 0.2) is 0 Å². The first kappa shape index (κ1) is 37.1. The molecule has 8 heteroatoms. The maximum absolute atomic E-state index is 11.6. The molecule has 0 bridgehead atoms. The van der Waals surface area contributed by atoms with Gasteiger partial charge in [-0.25, -0.2) is 0 Å². The molecule has 0 fully saturated rings. The second-order valence-electron chi connectivity index (χ2n) is 14.2. The number of fused-ring (bicyclic) bond motifs is 1. The second-order valence-corrected chi connectivity index (χ2v) is 14.2. The van der Waals surface area contributed by atoms with Crippen LogP contribution < -0.4 is 14.2 Å². The third-order valence-corrected chi connectivity index (χ3v) is 10.8. The van der Waals surface area contributed by atoms with E-state index in [0.717, 1.165) is 57.3 Å². The zero-order valence-electron chi connectivity index (χ0n) is 31.0. The number of methoxy groups -OCH3 is 2. The summed E-state index contributed by atoms with van der Waals surface area (Å²) in [6, 6.07) is 36.8. The van der Waals surface area contributed by atoms with Crippen LogP contribution in [0.3, 0.4) is 0 Å². The lowest BCUT2D eigenvalue weighted by molar-refractivity contribution is 0.176. The van der Waals surface area contributed by atoms with Crippen LogP contribution in [0.25, 0.3) is 0 Å². The summed E-state index contributed by atoms with van der Waals surface area (Å²) < 4.78 is 17.8. The third-order valence-electron chi connectivity index (χ3n) is 10.8. The molecular formula is C47H46O8. The number of rotatable bonds is 13. The van der Waals surface area contributed by atoms with Crippen LogP contribution in [0.15, 0.2) is 121 Å². The summed E-state index contributed by atoms with van der Waals surface area (Å²) in [7, 11) is 3.16. The lowest BCUT2D eigenvalue weighted by atomic mass is 9.82. The van der Waals surface area contributed by atoms with Crippen LogP contribution in [-0.4, -0.2) is 39.8 Å². The molecule has 6 aromatic carbocycles. The molecule has 55 heavy (non-hydrogen) atoms. The maximum atomic E-state index is 11.6. The molecule has 5 N–H and O–H groups in total. The van der Waals surface area contributed by atoms with Gasteiger partial charge < -0.3 is 39.7 Å². The van der Waals surface area contributed by atoms with Crippen LogP contribution in [0.1, 0.15) is 81.7 Å². The molecule has 0 aliphatic carbocycles. The molecule has 0 radical (unpaired) electrons. The van der Waals surface area contributed by atoms with Crippen LogP contribution in [0, 0.1) is 0 Å². The molecule has 0 saturated heterocycles. The second kappa shape index (κ2) is 16.4. The fraction of sp³-hybridized carbons (Fsp3) is 0.234. The Hall–Kier alpha value is -6.28. The van der Waals surface area contributed by atoms with Crippen LogP contribution in [0.4, 0.5) is 0 Å². The highest BCUT2D eigenvalue weighted by Gasteiger charge is 2.27. The first-order valence-electron chi connectivity index (χ1n) is 18.6. The predicted molar refractivity (Wildman–Crippen MR) is 212 cm³/mol. The van der Waals surface area contributed by atoms with E-state index in [1.807, 2.05) is 60.7 Å². The average molecular weight is 739 g/mol. The van der Waals surface area contributed by atoms with Crippen molar-refractivity contribution in [2.24, 2.45) is 0 Å². The number of hydrogen-bond acceptors (Lipinski definition) is 8. The van der Waals surface area contributed by atoms with Gasteiger partial charge in [0.25, 0.3) is 0 Å². The van der Waals surface area contributed by atoms with E-state index in [-0.39, 0.29) is 46.7 Å². The topological polar surface area (TPSA) is 129 Å². The minimum absolute atomic E-state index is 0.0902. The van der Waals surface area contributed by atoms with Gasteiger partial charge in [0, 0.05) is 41.2 Å². The number of phenolic OH excluding ortho intramolecular Hbond substituents is 5. The predicted octanol–water partition coefficient (Wildman–Crippen LogP) is 9.83. The molecule has 0 aromatic heterocycles. The Morgan fingerprint density at radius 3 is 1.82 bits per heavy atom. The Labute approximate surface area is 321 Å². The Morgan fingerprint density at radius 1 is 0.582 bits per heavy atom. The van der Waals surface area contributed by atoms with Crippen molar-refractivity contribution in [1.82, 2.24) is 0 Å². The Morgan fingerprint density at radius 2 is 1.18 bits per heavy atom. The van der Waals surface area contributed by atoms with E-state index in [4.69, 9.17) is 14.2 Å². The van der Waals surface area contributed by atoms with E-state index in [1.165, 1.54) is 0 Å². The molecule has 1 aliphatic heterocycles. The highest BCUT2D eigenvalue weighted by molar-refractivity contribution is 5.54. The minimum Gasteiger partial charge on any atom is -0.508 e. The Balaban J connectivity index is 1.21. The van der Waals surface area contributed by atoms with Gasteiger partial charge in [-0.15, -0.1) is 0 Å². The van der Waals surface area contributed by atoms with Crippen molar-refractivity contribution in [2.75, 3.05) is 14.2 Å². The molecular weight excluding hydrogens is 693 g/mol. The lowest BCUT2D eigenvalue weighted by Gasteiger charge is -2.29. The van der Waals surface area contributed by atoms with Crippen LogP contribution >= 0.6 is 0 Å². The summed E-state index contributed by atoms with van der Waals surface area (Å²) in [6.07, 6.45) is 3.78. The summed E-state index contributed by atoms with van der Waals surface area (Å²) in [5, 5.41) is 53.3. The highest BCUT2D eigenvalue weighted by atomic mass is 16.5. The largest absolute Gasteiger partial charge is 0.508 e. The van der Waals surface area contributed by atoms with Crippen LogP contribution in [0.5, 0.6) is 46.0 Å². The van der Waals surface area contributed by atoms with E-state index in [0.29, 0.717) is 42.9 Å². The van der Waals surface area contributed by atoms with Crippen LogP contribution in [-0.2, 0) is 19.3 Å². The van der Waals surface area contributed by atoms with E-state index >= 15 is 0 Å². The standard InChI is InChI=1S/C47H46O8/c1-53-45-26-37(50)20-12-32(45)13-21-39(30-10-18-36(49)19-11-30)41-24-33(42(51)27-47(41)54-2)14-22-38(29-8-16-35(48)17-9-29)40-25-34-15-23-44(31-6-4-3-5-7-31)55-46(34)28-43(40)52/h3-12,16-20,24-28,38-39,44,48-52H,13-15,21-23H2,1-2H3. The summed E-state index contributed by atoms with van der Waals surface area (Å²) in [5.74, 6) is 2.02. The van der Waals surface area contributed by atoms with Crippen molar-refractivity contribution in [3.05, 3.63) is 166 Å². The smallest absolute Gasteiger partial charge is 0.127 e. The molecule has 0 spiro atoms. The number of hydrogen-bond donors (Lipinski definition) is 5. The SMILES string of the molecule is COc1cc(O)ccc1CCC(c1ccc(O)cc1)c1cc(CCC(c2ccc(O)cc2)c2cc3c(cc2O)OC(c2ccccc2)CC3)c(O)cc1OC. The number of aromatic hydroxyl groups is 5. The monoisotopic (exact) mass is 738 g/mol.